The Hall–Kier alpha value is -0.560. The fourth-order valence-corrected chi connectivity index (χ4v) is 1.24. The molecule has 0 saturated heterocycles. The number of benzene rings is 1. The smallest absolute Gasteiger partial charge is 0.141 e. The van der Waals surface area contributed by atoms with Gasteiger partial charge in [0, 0.05) is 0 Å². The minimum Gasteiger partial charge on any atom is -0.205 e. The Labute approximate surface area is 77.4 Å². The quantitative estimate of drug-likeness (QED) is 0.655. The van der Waals surface area contributed by atoms with Crippen LogP contribution in [0.1, 0.15) is 31.7 Å². The zero-order valence-electron chi connectivity index (χ0n) is 7.27. The van der Waals surface area contributed by atoms with E-state index in [1.165, 1.54) is 6.07 Å². The third-order valence-corrected chi connectivity index (χ3v) is 2.41. The molecule has 1 aromatic rings. The Kier molecular flexibility index (Phi) is 3.10. The molecule has 0 aliphatic rings. The van der Waals surface area contributed by atoms with Gasteiger partial charge in [-0.1, -0.05) is 31.5 Å². The van der Waals surface area contributed by atoms with Crippen molar-refractivity contribution in [3.8, 4) is 0 Å². The summed E-state index contributed by atoms with van der Waals surface area (Å²) in [5.41, 5.74) is 1.10. The van der Waals surface area contributed by atoms with Crippen molar-refractivity contribution in [2.75, 3.05) is 0 Å². The van der Waals surface area contributed by atoms with Crippen molar-refractivity contribution in [1.29, 1.82) is 0 Å². The molecular formula is C10H12ClF. The maximum atomic E-state index is 12.7. The molecule has 2 heteroatoms. The molecule has 0 aromatic heterocycles. The molecule has 0 bridgehead atoms. The van der Waals surface area contributed by atoms with Gasteiger partial charge in [-0.25, -0.2) is 4.39 Å². The Balaban J connectivity index is 2.96. The van der Waals surface area contributed by atoms with Crippen molar-refractivity contribution in [3.63, 3.8) is 0 Å². The second-order valence-electron chi connectivity index (χ2n) is 2.98. The molecule has 0 nitrogen and oxygen atoms in total. The molecule has 1 unspecified atom stereocenters. The highest BCUT2D eigenvalue weighted by Gasteiger charge is 2.05. The highest BCUT2D eigenvalue weighted by Crippen LogP contribution is 2.23. The fraction of sp³-hybridized carbons (Fsp3) is 0.400. The molecule has 1 aromatic carbocycles. The first kappa shape index (κ1) is 9.53. The predicted octanol–water partition coefficient (Wildman–Crippen LogP) is 3.99. The summed E-state index contributed by atoms with van der Waals surface area (Å²) in [7, 11) is 0. The molecule has 12 heavy (non-hydrogen) atoms. The van der Waals surface area contributed by atoms with E-state index in [1.54, 1.807) is 12.1 Å². The Morgan fingerprint density at radius 1 is 1.50 bits per heavy atom. The lowest BCUT2D eigenvalue weighted by Crippen LogP contribution is -1.91. The van der Waals surface area contributed by atoms with Crippen LogP contribution in [-0.2, 0) is 0 Å². The van der Waals surface area contributed by atoms with E-state index in [0.717, 1.165) is 12.0 Å². The summed E-state index contributed by atoms with van der Waals surface area (Å²) >= 11 is 5.64. The van der Waals surface area contributed by atoms with Crippen LogP contribution in [0.25, 0.3) is 0 Å². The molecule has 0 radical (unpaired) electrons. The first-order chi connectivity index (χ1) is 5.65. The van der Waals surface area contributed by atoms with Gasteiger partial charge >= 0.3 is 0 Å². The third-order valence-electron chi connectivity index (χ3n) is 2.13. The van der Waals surface area contributed by atoms with Crippen molar-refractivity contribution < 1.29 is 4.39 Å². The van der Waals surface area contributed by atoms with Gasteiger partial charge in [0.15, 0.2) is 0 Å². The van der Waals surface area contributed by atoms with Crippen LogP contribution in [0.3, 0.4) is 0 Å². The van der Waals surface area contributed by atoms with Crippen LogP contribution in [0.2, 0.25) is 5.02 Å². The van der Waals surface area contributed by atoms with E-state index in [2.05, 4.69) is 13.8 Å². The second-order valence-corrected chi connectivity index (χ2v) is 3.39. The Morgan fingerprint density at radius 3 is 2.67 bits per heavy atom. The number of hydrogen-bond donors (Lipinski definition) is 0. The summed E-state index contributed by atoms with van der Waals surface area (Å²) in [4.78, 5) is 0. The summed E-state index contributed by atoms with van der Waals surface area (Å²) in [6, 6.07) is 4.91. The van der Waals surface area contributed by atoms with Crippen LogP contribution in [-0.4, -0.2) is 0 Å². The second kappa shape index (κ2) is 3.90. The van der Waals surface area contributed by atoms with Crippen molar-refractivity contribution >= 4 is 11.6 Å². The van der Waals surface area contributed by atoms with E-state index in [0.29, 0.717) is 5.92 Å². The van der Waals surface area contributed by atoms with Crippen molar-refractivity contribution in [2.45, 2.75) is 26.2 Å². The molecular weight excluding hydrogens is 175 g/mol. The van der Waals surface area contributed by atoms with Crippen LogP contribution in [0.5, 0.6) is 0 Å². The maximum Gasteiger partial charge on any atom is 0.141 e. The van der Waals surface area contributed by atoms with E-state index in [1.807, 2.05) is 0 Å². The largest absolute Gasteiger partial charge is 0.205 e. The molecule has 0 saturated carbocycles. The van der Waals surface area contributed by atoms with Gasteiger partial charge in [-0.3, -0.25) is 0 Å². The van der Waals surface area contributed by atoms with Crippen molar-refractivity contribution in [1.82, 2.24) is 0 Å². The molecule has 0 spiro atoms. The lowest BCUT2D eigenvalue weighted by atomic mass is 9.99. The van der Waals surface area contributed by atoms with E-state index in [9.17, 15) is 4.39 Å². The summed E-state index contributed by atoms with van der Waals surface area (Å²) in [5.74, 6) is 0.104. The zero-order valence-corrected chi connectivity index (χ0v) is 8.03. The molecule has 0 aliphatic heterocycles. The van der Waals surface area contributed by atoms with E-state index in [4.69, 9.17) is 11.6 Å². The average Bonchev–Trinajstić information content (AvgIpc) is 2.08. The van der Waals surface area contributed by atoms with E-state index >= 15 is 0 Å². The summed E-state index contributed by atoms with van der Waals surface area (Å²) in [6.07, 6.45) is 1.04. The van der Waals surface area contributed by atoms with Gasteiger partial charge in [0.05, 0.1) is 5.02 Å². The van der Waals surface area contributed by atoms with Gasteiger partial charge in [0.1, 0.15) is 5.82 Å². The van der Waals surface area contributed by atoms with E-state index < -0.39 is 0 Å². The highest BCUT2D eigenvalue weighted by atomic mass is 35.5. The van der Waals surface area contributed by atoms with Crippen molar-refractivity contribution in [3.05, 3.63) is 34.6 Å². The summed E-state index contributed by atoms with van der Waals surface area (Å²) in [5, 5.41) is 0.216. The third kappa shape index (κ3) is 1.98. The normalized spacial score (nSPS) is 13.0. The minimum absolute atomic E-state index is 0.216. The van der Waals surface area contributed by atoms with Crippen LogP contribution < -0.4 is 0 Å². The van der Waals surface area contributed by atoms with E-state index in [-0.39, 0.29) is 10.8 Å². The van der Waals surface area contributed by atoms with Gasteiger partial charge in [-0.15, -0.1) is 0 Å². The van der Waals surface area contributed by atoms with Crippen LogP contribution in [0.4, 0.5) is 4.39 Å². The van der Waals surface area contributed by atoms with Gasteiger partial charge in [-0.05, 0) is 30.0 Å². The van der Waals surface area contributed by atoms with Gasteiger partial charge in [0.2, 0.25) is 0 Å². The molecule has 0 aliphatic carbocycles. The first-order valence-electron chi connectivity index (χ1n) is 4.10. The van der Waals surface area contributed by atoms with Crippen LogP contribution in [0.15, 0.2) is 18.2 Å². The lowest BCUT2D eigenvalue weighted by molar-refractivity contribution is 0.625. The highest BCUT2D eigenvalue weighted by molar-refractivity contribution is 6.30. The SMILES string of the molecule is CCC(C)c1ccc(F)c(Cl)c1. The number of hydrogen-bond acceptors (Lipinski definition) is 0. The fourth-order valence-electron chi connectivity index (χ4n) is 1.05. The summed E-state index contributed by atoms with van der Waals surface area (Å²) < 4.78 is 12.7. The van der Waals surface area contributed by atoms with Gasteiger partial charge in [-0.2, -0.15) is 0 Å². The minimum atomic E-state index is -0.344. The molecule has 1 rings (SSSR count). The zero-order chi connectivity index (χ0) is 9.14. The monoisotopic (exact) mass is 186 g/mol. The molecule has 1 atom stereocenters. The molecule has 0 N–H and O–H groups in total. The molecule has 0 heterocycles. The van der Waals surface area contributed by atoms with Crippen LogP contribution in [0, 0.1) is 5.82 Å². The van der Waals surface area contributed by atoms with Crippen LogP contribution >= 0.6 is 11.6 Å². The maximum absolute atomic E-state index is 12.7. The average molecular weight is 187 g/mol. The number of rotatable bonds is 2. The lowest BCUT2D eigenvalue weighted by Gasteiger charge is -2.08. The predicted molar refractivity (Wildman–Crippen MR) is 50.1 cm³/mol. The topological polar surface area (TPSA) is 0 Å². The summed E-state index contributed by atoms with van der Waals surface area (Å²) in [6.45, 7) is 4.20. The Morgan fingerprint density at radius 2 is 2.17 bits per heavy atom. The van der Waals surface area contributed by atoms with Crippen molar-refractivity contribution in [2.24, 2.45) is 0 Å². The number of halogens is 2. The molecule has 0 amide bonds. The molecule has 0 fully saturated rings. The Bertz CT molecular complexity index is 271. The van der Waals surface area contributed by atoms with Gasteiger partial charge < -0.3 is 0 Å². The van der Waals surface area contributed by atoms with Gasteiger partial charge in [0.25, 0.3) is 0 Å². The standard InChI is InChI=1S/C10H12ClF/c1-3-7(2)8-4-5-10(12)9(11)6-8/h4-7H,3H2,1-2H3. The molecule has 66 valence electrons. The first-order valence-corrected chi connectivity index (χ1v) is 4.48.